The highest BCUT2D eigenvalue weighted by Gasteiger charge is 2.75. The van der Waals surface area contributed by atoms with Gasteiger partial charge in [0.15, 0.2) is 11.6 Å². The third-order valence-corrected chi connectivity index (χ3v) is 8.08. The number of esters is 1. The molecular formula is C20H22FIO5. The van der Waals surface area contributed by atoms with E-state index >= 15 is 0 Å². The Bertz CT molecular complexity index is 800. The van der Waals surface area contributed by atoms with E-state index in [0.717, 1.165) is 0 Å². The van der Waals surface area contributed by atoms with E-state index in [1.807, 2.05) is 6.92 Å². The van der Waals surface area contributed by atoms with E-state index in [0.29, 0.717) is 18.4 Å². The van der Waals surface area contributed by atoms with E-state index in [4.69, 9.17) is 9.47 Å². The van der Waals surface area contributed by atoms with Crippen LogP contribution in [0.25, 0.3) is 0 Å². The Morgan fingerprint density at radius 1 is 1.33 bits per heavy atom. The molecule has 2 bridgehead atoms. The number of carbonyl (C=O) groups is 3. The number of Topliss-reactive ketones (excluding diaryl/α,β-unsaturated/α-hetero) is 2. The van der Waals surface area contributed by atoms with Gasteiger partial charge in [-0.2, -0.15) is 0 Å². The molecule has 5 atom stereocenters. The summed E-state index contributed by atoms with van der Waals surface area (Å²) >= 11 is 2.14. The fourth-order valence-electron chi connectivity index (χ4n) is 4.98. The molecule has 0 aromatic heterocycles. The molecule has 2 saturated carbocycles. The normalized spacial score (nSPS) is 33.2. The van der Waals surface area contributed by atoms with Gasteiger partial charge in [0, 0.05) is 10.5 Å². The van der Waals surface area contributed by atoms with Crippen molar-refractivity contribution < 1.29 is 28.2 Å². The quantitative estimate of drug-likeness (QED) is 0.209. The summed E-state index contributed by atoms with van der Waals surface area (Å²) in [5.41, 5.74) is -0.876. The number of halogens is 2. The van der Waals surface area contributed by atoms with Crippen LogP contribution >= 0.6 is 22.6 Å². The smallest absolute Gasteiger partial charge is 0.320 e. The number of aryl methyl sites for hydroxylation is 1. The molecular weight excluding hydrogens is 466 g/mol. The topological polar surface area (TPSA) is 69.7 Å². The van der Waals surface area contributed by atoms with Crippen molar-refractivity contribution in [2.24, 2.45) is 17.3 Å². The highest BCUT2D eigenvalue weighted by molar-refractivity contribution is 14.1. The maximum Gasteiger partial charge on any atom is 0.320 e. The van der Waals surface area contributed by atoms with Crippen molar-refractivity contribution in [2.75, 3.05) is 14.2 Å². The van der Waals surface area contributed by atoms with Crippen LogP contribution in [-0.2, 0) is 19.1 Å². The summed E-state index contributed by atoms with van der Waals surface area (Å²) in [6, 6.07) is 4.39. The molecule has 0 N–H and O–H groups in total. The van der Waals surface area contributed by atoms with E-state index in [1.165, 1.54) is 26.4 Å². The zero-order valence-electron chi connectivity index (χ0n) is 15.7. The van der Waals surface area contributed by atoms with Crippen LogP contribution in [0.1, 0.15) is 35.7 Å². The van der Waals surface area contributed by atoms with Crippen molar-refractivity contribution in [1.82, 2.24) is 0 Å². The number of hydrogen-bond donors (Lipinski definition) is 0. The number of hydrogen-bond acceptors (Lipinski definition) is 5. The number of fused-ring (bicyclic) bond motifs is 2. The van der Waals surface area contributed by atoms with Gasteiger partial charge in [0.05, 0.1) is 18.6 Å². The maximum absolute atomic E-state index is 14.3. The van der Waals surface area contributed by atoms with Crippen LogP contribution in [0.5, 0.6) is 0 Å². The van der Waals surface area contributed by atoms with E-state index in [1.54, 1.807) is 13.0 Å². The fourth-order valence-corrected chi connectivity index (χ4v) is 6.43. The summed E-state index contributed by atoms with van der Waals surface area (Å²) in [6.07, 6.45) is -0.143. The second-order valence-electron chi connectivity index (χ2n) is 7.46. The molecule has 27 heavy (non-hydrogen) atoms. The number of rotatable bonds is 5. The lowest BCUT2D eigenvalue weighted by molar-refractivity contribution is -0.159. The summed E-state index contributed by atoms with van der Waals surface area (Å²) in [4.78, 5) is 39.1. The van der Waals surface area contributed by atoms with Gasteiger partial charge >= 0.3 is 5.97 Å². The molecule has 1 aromatic carbocycles. The molecule has 0 heterocycles. The Kier molecular flexibility index (Phi) is 5.22. The summed E-state index contributed by atoms with van der Waals surface area (Å²) in [5.74, 6) is -3.15. The largest absolute Gasteiger partial charge is 0.468 e. The minimum Gasteiger partial charge on any atom is -0.468 e. The van der Waals surface area contributed by atoms with Crippen molar-refractivity contribution in [3.63, 3.8) is 0 Å². The van der Waals surface area contributed by atoms with Crippen molar-refractivity contribution >= 4 is 40.1 Å². The lowest BCUT2D eigenvalue weighted by Crippen LogP contribution is -2.48. The molecule has 0 spiro atoms. The van der Waals surface area contributed by atoms with Crippen LogP contribution in [-0.4, -0.2) is 41.3 Å². The molecule has 0 amide bonds. The van der Waals surface area contributed by atoms with Gasteiger partial charge in [-0.1, -0.05) is 34.7 Å². The van der Waals surface area contributed by atoms with E-state index in [-0.39, 0.29) is 17.3 Å². The predicted molar refractivity (Wildman–Crippen MR) is 104 cm³/mol. The zero-order valence-corrected chi connectivity index (χ0v) is 17.8. The minimum absolute atomic E-state index is 0.0674. The monoisotopic (exact) mass is 488 g/mol. The van der Waals surface area contributed by atoms with Gasteiger partial charge in [-0.05, 0) is 44.2 Å². The molecule has 5 nitrogen and oxygen atoms in total. The van der Waals surface area contributed by atoms with Gasteiger partial charge in [-0.25, -0.2) is 4.39 Å². The first kappa shape index (κ1) is 20.4. The predicted octanol–water partition coefficient (Wildman–Crippen LogP) is 3.29. The molecule has 3 unspecified atom stereocenters. The van der Waals surface area contributed by atoms with Gasteiger partial charge < -0.3 is 9.47 Å². The van der Waals surface area contributed by atoms with E-state index in [9.17, 15) is 18.8 Å². The molecule has 0 aliphatic heterocycles. The molecule has 3 rings (SSSR count). The molecule has 2 aliphatic carbocycles. The SMILES string of the molecule is COC(=O)[C@@]12CC[C@@H](C(C(OC)C(=O)c3c(C)cccc3F)C1=O)C2(C)I. The zero-order chi connectivity index (χ0) is 20.1. The summed E-state index contributed by atoms with van der Waals surface area (Å²) in [5, 5.41) is 0. The van der Waals surface area contributed by atoms with Crippen molar-refractivity contribution in [3.8, 4) is 0 Å². The van der Waals surface area contributed by atoms with Gasteiger partial charge in [0.1, 0.15) is 17.3 Å². The number of methoxy groups -OCH3 is 2. The fraction of sp³-hybridized carbons (Fsp3) is 0.550. The van der Waals surface area contributed by atoms with Crippen LogP contribution in [0.3, 0.4) is 0 Å². The van der Waals surface area contributed by atoms with Gasteiger partial charge in [-0.3, -0.25) is 14.4 Å². The summed E-state index contributed by atoms with van der Waals surface area (Å²) < 4.78 is 24.0. The third kappa shape index (κ3) is 2.61. The van der Waals surface area contributed by atoms with Crippen LogP contribution in [0, 0.1) is 30.0 Å². The van der Waals surface area contributed by atoms with Crippen molar-refractivity contribution in [3.05, 3.63) is 35.1 Å². The molecule has 1 aromatic rings. The highest BCUT2D eigenvalue weighted by Crippen LogP contribution is 2.66. The maximum atomic E-state index is 14.3. The van der Waals surface area contributed by atoms with Crippen LogP contribution in [0.4, 0.5) is 4.39 Å². The Hall–Kier alpha value is -1.35. The molecule has 0 radical (unpaired) electrons. The van der Waals surface area contributed by atoms with Gasteiger partial charge in [0.25, 0.3) is 0 Å². The van der Waals surface area contributed by atoms with Crippen LogP contribution in [0.15, 0.2) is 18.2 Å². The Labute approximate surface area is 171 Å². The number of ether oxygens (including phenoxy) is 2. The highest BCUT2D eigenvalue weighted by atomic mass is 127. The Morgan fingerprint density at radius 3 is 2.56 bits per heavy atom. The summed E-state index contributed by atoms with van der Waals surface area (Å²) in [7, 11) is 2.60. The number of benzene rings is 1. The second-order valence-corrected chi connectivity index (χ2v) is 9.70. The van der Waals surface area contributed by atoms with Crippen molar-refractivity contribution in [2.45, 2.75) is 36.2 Å². The first-order chi connectivity index (χ1) is 12.6. The first-order valence-electron chi connectivity index (χ1n) is 8.79. The molecule has 2 fully saturated rings. The molecule has 0 saturated heterocycles. The van der Waals surface area contributed by atoms with Crippen LogP contribution < -0.4 is 0 Å². The molecule has 2 aliphatic rings. The lowest BCUT2D eigenvalue weighted by atomic mass is 9.74. The van der Waals surface area contributed by atoms with E-state index < -0.39 is 38.4 Å². The van der Waals surface area contributed by atoms with E-state index in [2.05, 4.69) is 22.6 Å². The number of alkyl halides is 1. The lowest BCUT2D eigenvalue weighted by Gasteiger charge is -2.31. The Morgan fingerprint density at radius 2 is 2.00 bits per heavy atom. The average molecular weight is 488 g/mol. The number of carbonyl (C=O) groups excluding carboxylic acids is 3. The minimum atomic E-state index is -1.29. The molecule has 7 heteroatoms. The number of ketones is 2. The standard InChI is InChI=1S/C20H22FIO5/c1-10-6-5-7-12(21)13(10)15(23)16(26-3)14-11-8-9-20(17(14)24,18(25)27-4)19(11,2)22/h5-7,11,14,16H,8-9H2,1-4H3/t11-,14?,16?,19?,20+/m0/s1. The Balaban J connectivity index is 2.06. The summed E-state index contributed by atoms with van der Waals surface area (Å²) in [6.45, 7) is 3.50. The first-order valence-corrected chi connectivity index (χ1v) is 9.86. The third-order valence-electron chi connectivity index (χ3n) is 6.36. The van der Waals surface area contributed by atoms with Gasteiger partial charge in [0.2, 0.25) is 0 Å². The molecule has 146 valence electrons. The second kappa shape index (κ2) is 6.92. The average Bonchev–Trinajstić information content (AvgIpc) is 2.97. The van der Waals surface area contributed by atoms with Crippen LogP contribution in [0.2, 0.25) is 0 Å². The van der Waals surface area contributed by atoms with Crippen molar-refractivity contribution in [1.29, 1.82) is 0 Å². The van der Waals surface area contributed by atoms with Gasteiger partial charge in [-0.15, -0.1) is 0 Å².